The van der Waals surface area contributed by atoms with Gasteiger partial charge in [-0.2, -0.15) is 0 Å². The summed E-state index contributed by atoms with van der Waals surface area (Å²) in [6.45, 7) is 2.01. The number of halogens is 1. The van der Waals surface area contributed by atoms with Gasteiger partial charge in [0, 0.05) is 11.1 Å². The number of hydrogen-bond donors (Lipinski definition) is 2. The molecule has 2 atom stereocenters. The summed E-state index contributed by atoms with van der Waals surface area (Å²) in [5.41, 5.74) is 6.59. The molecule has 0 radical (unpaired) electrons. The van der Waals surface area contributed by atoms with Crippen LogP contribution in [0.3, 0.4) is 0 Å². The van der Waals surface area contributed by atoms with Crippen LogP contribution in [0.1, 0.15) is 31.4 Å². The van der Waals surface area contributed by atoms with Gasteiger partial charge in [-0.25, -0.2) is 0 Å². The van der Waals surface area contributed by atoms with Crippen LogP contribution in [0.5, 0.6) is 0 Å². The molecule has 1 aromatic carbocycles. The molecule has 3 heteroatoms. The Hall–Kier alpha value is -0.570. The van der Waals surface area contributed by atoms with Crippen molar-refractivity contribution < 1.29 is 5.11 Å². The summed E-state index contributed by atoms with van der Waals surface area (Å²) in [6, 6.07) is 7.30. The number of aliphatic hydroxyl groups excluding tert-OH is 1. The van der Waals surface area contributed by atoms with Gasteiger partial charge in [-0.15, -0.1) is 0 Å². The third-order valence-electron chi connectivity index (χ3n) is 2.28. The van der Waals surface area contributed by atoms with Gasteiger partial charge in [0.25, 0.3) is 0 Å². The van der Waals surface area contributed by atoms with Crippen molar-refractivity contribution in [3.63, 3.8) is 0 Å². The monoisotopic (exact) mass is 213 g/mol. The fraction of sp³-hybridized carbons (Fsp3) is 0.455. The summed E-state index contributed by atoms with van der Waals surface area (Å²) in [7, 11) is 0. The van der Waals surface area contributed by atoms with E-state index in [9.17, 15) is 5.11 Å². The Kier molecular flexibility index (Phi) is 4.39. The normalized spacial score (nSPS) is 15.1. The van der Waals surface area contributed by atoms with Crippen LogP contribution < -0.4 is 5.73 Å². The SMILES string of the molecule is CCC(N)CC(O)c1cccc(Cl)c1. The van der Waals surface area contributed by atoms with E-state index in [1.807, 2.05) is 19.1 Å². The van der Waals surface area contributed by atoms with E-state index < -0.39 is 6.10 Å². The van der Waals surface area contributed by atoms with Crippen molar-refractivity contribution in [2.45, 2.75) is 31.9 Å². The van der Waals surface area contributed by atoms with Gasteiger partial charge in [-0.1, -0.05) is 30.7 Å². The quantitative estimate of drug-likeness (QED) is 0.808. The lowest BCUT2D eigenvalue weighted by Gasteiger charge is -2.15. The van der Waals surface area contributed by atoms with Crippen molar-refractivity contribution in [3.8, 4) is 0 Å². The molecule has 0 saturated carbocycles. The summed E-state index contributed by atoms with van der Waals surface area (Å²) in [5.74, 6) is 0. The van der Waals surface area contributed by atoms with Gasteiger partial charge in [0.1, 0.15) is 0 Å². The first-order valence-electron chi connectivity index (χ1n) is 4.82. The highest BCUT2D eigenvalue weighted by molar-refractivity contribution is 6.30. The van der Waals surface area contributed by atoms with Gasteiger partial charge in [0.05, 0.1) is 6.10 Å². The van der Waals surface area contributed by atoms with E-state index in [-0.39, 0.29) is 6.04 Å². The molecule has 0 amide bonds. The minimum atomic E-state index is -0.511. The zero-order valence-electron chi connectivity index (χ0n) is 8.28. The van der Waals surface area contributed by atoms with Gasteiger partial charge in [0.2, 0.25) is 0 Å². The van der Waals surface area contributed by atoms with Crippen LogP contribution in [-0.4, -0.2) is 11.1 Å². The average Bonchev–Trinajstić information content (AvgIpc) is 2.17. The van der Waals surface area contributed by atoms with Gasteiger partial charge in [-0.3, -0.25) is 0 Å². The number of nitrogens with two attached hydrogens (primary N) is 1. The molecule has 0 bridgehead atoms. The lowest BCUT2D eigenvalue weighted by atomic mass is 10.0. The minimum absolute atomic E-state index is 0.0454. The molecule has 1 aromatic rings. The number of rotatable bonds is 4. The highest BCUT2D eigenvalue weighted by Gasteiger charge is 2.11. The second-order valence-electron chi connectivity index (χ2n) is 3.47. The van der Waals surface area contributed by atoms with E-state index >= 15 is 0 Å². The summed E-state index contributed by atoms with van der Waals surface area (Å²) in [5, 5.41) is 10.5. The molecule has 3 N–H and O–H groups in total. The van der Waals surface area contributed by atoms with E-state index in [1.54, 1.807) is 12.1 Å². The molecular weight excluding hydrogens is 198 g/mol. The zero-order chi connectivity index (χ0) is 10.6. The van der Waals surface area contributed by atoms with Crippen molar-refractivity contribution in [3.05, 3.63) is 34.9 Å². The van der Waals surface area contributed by atoms with Crippen LogP contribution in [0.2, 0.25) is 5.02 Å². The molecule has 78 valence electrons. The van der Waals surface area contributed by atoms with E-state index in [4.69, 9.17) is 17.3 Å². The predicted molar refractivity (Wildman–Crippen MR) is 59.3 cm³/mol. The standard InChI is InChI=1S/C11H16ClNO/c1-2-10(13)7-11(14)8-4-3-5-9(12)6-8/h3-6,10-11,14H,2,7,13H2,1H3. The Morgan fingerprint density at radius 2 is 2.21 bits per heavy atom. The predicted octanol–water partition coefficient (Wildman–Crippen LogP) is 2.50. The lowest BCUT2D eigenvalue weighted by Crippen LogP contribution is -2.21. The number of aliphatic hydroxyl groups is 1. The maximum Gasteiger partial charge on any atom is 0.0805 e. The van der Waals surface area contributed by atoms with Crippen LogP contribution >= 0.6 is 11.6 Å². The Labute approximate surface area is 89.7 Å². The smallest absolute Gasteiger partial charge is 0.0805 e. The van der Waals surface area contributed by atoms with Crippen molar-refractivity contribution >= 4 is 11.6 Å². The van der Waals surface area contributed by atoms with E-state index in [0.29, 0.717) is 11.4 Å². The number of hydrogen-bond acceptors (Lipinski definition) is 2. The van der Waals surface area contributed by atoms with Crippen LogP contribution in [-0.2, 0) is 0 Å². The maximum absolute atomic E-state index is 9.81. The second-order valence-corrected chi connectivity index (χ2v) is 3.91. The van der Waals surface area contributed by atoms with Crippen LogP contribution in [0.25, 0.3) is 0 Å². The van der Waals surface area contributed by atoms with Gasteiger partial charge in [-0.05, 0) is 30.5 Å². The van der Waals surface area contributed by atoms with Crippen LogP contribution in [0.15, 0.2) is 24.3 Å². The third-order valence-corrected chi connectivity index (χ3v) is 2.52. The first kappa shape index (κ1) is 11.5. The summed E-state index contributed by atoms with van der Waals surface area (Å²) in [4.78, 5) is 0. The van der Waals surface area contributed by atoms with Crippen molar-refractivity contribution in [2.75, 3.05) is 0 Å². The molecular formula is C11H16ClNO. The summed E-state index contributed by atoms with van der Waals surface area (Å²) >= 11 is 5.82. The van der Waals surface area contributed by atoms with Gasteiger partial charge < -0.3 is 10.8 Å². The van der Waals surface area contributed by atoms with E-state index in [1.165, 1.54) is 0 Å². The van der Waals surface area contributed by atoms with E-state index in [0.717, 1.165) is 12.0 Å². The molecule has 0 saturated heterocycles. The summed E-state index contributed by atoms with van der Waals surface area (Å²) < 4.78 is 0. The largest absolute Gasteiger partial charge is 0.388 e. The molecule has 2 nitrogen and oxygen atoms in total. The topological polar surface area (TPSA) is 46.2 Å². The molecule has 14 heavy (non-hydrogen) atoms. The van der Waals surface area contributed by atoms with E-state index in [2.05, 4.69) is 0 Å². The second kappa shape index (κ2) is 5.35. The summed E-state index contributed by atoms with van der Waals surface area (Å²) in [6.07, 6.45) is 0.942. The molecule has 1 rings (SSSR count). The number of benzene rings is 1. The molecule has 0 fully saturated rings. The first-order chi connectivity index (χ1) is 6.63. The van der Waals surface area contributed by atoms with Gasteiger partial charge in [0.15, 0.2) is 0 Å². The maximum atomic E-state index is 9.81. The fourth-order valence-electron chi connectivity index (χ4n) is 1.30. The van der Waals surface area contributed by atoms with Crippen LogP contribution in [0.4, 0.5) is 0 Å². The molecule has 0 aliphatic heterocycles. The molecule has 0 aliphatic rings. The average molecular weight is 214 g/mol. The molecule has 0 spiro atoms. The Bertz CT molecular complexity index is 290. The van der Waals surface area contributed by atoms with Crippen molar-refractivity contribution in [2.24, 2.45) is 5.73 Å². The fourth-order valence-corrected chi connectivity index (χ4v) is 1.50. The molecule has 0 heterocycles. The zero-order valence-corrected chi connectivity index (χ0v) is 9.04. The van der Waals surface area contributed by atoms with Crippen LogP contribution in [0, 0.1) is 0 Å². The Balaban J connectivity index is 2.64. The minimum Gasteiger partial charge on any atom is -0.388 e. The highest BCUT2D eigenvalue weighted by atomic mass is 35.5. The molecule has 2 unspecified atom stereocenters. The Morgan fingerprint density at radius 1 is 1.50 bits per heavy atom. The van der Waals surface area contributed by atoms with Gasteiger partial charge >= 0.3 is 0 Å². The first-order valence-corrected chi connectivity index (χ1v) is 5.20. The molecule has 0 aromatic heterocycles. The third kappa shape index (κ3) is 3.29. The highest BCUT2D eigenvalue weighted by Crippen LogP contribution is 2.21. The molecule has 0 aliphatic carbocycles. The van der Waals surface area contributed by atoms with Crippen molar-refractivity contribution in [1.82, 2.24) is 0 Å². The lowest BCUT2D eigenvalue weighted by molar-refractivity contribution is 0.157. The van der Waals surface area contributed by atoms with Crippen molar-refractivity contribution in [1.29, 1.82) is 0 Å². The Morgan fingerprint density at radius 3 is 2.79 bits per heavy atom.